The highest BCUT2D eigenvalue weighted by Crippen LogP contribution is 2.13. The van der Waals surface area contributed by atoms with Crippen molar-refractivity contribution in [3.63, 3.8) is 0 Å². The summed E-state index contributed by atoms with van der Waals surface area (Å²) in [4.78, 5) is 0. The van der Waals surface area contributed by atoms with Crippen LogP contribution >= 0.6 is 24.4 Å². The molecule has 0 bridgehead atoms. The Morgan fingerprint density at radius 3 is 1.42 bits per heavy atom. The fourth-order valence-corrected chi connectivity index (χ4v) is 3.07. The first kappa shape index (κ1) is 20.6. The first-order valence-corrected chi connectivity index (χ1v) is 9.51. The lowest BCUT2D eigenvalue weighted by Crippen LogP contribution is -2.36. The van der Waals surface area contributed by atoms with E-state index in [4.69, 9.17) is 24.4 Å². The first-order valence-electron chi connectivity index (χ1n) is 8.69. The summed E-state index contributed by atoms with van der Waals surface area (Å²) in [5.74, 6) is 0. The van der Waals surface area contributed by atoms with Crippen LogP contribution in [-0.4, -0.2) is 22.3 Å². The zero-order valence-corrected chi connectivity index (χ0v) is 16.7. The Hall–Kier alpha value is -1.40. The van der Waals surface area contributed by atoms with Crippen LogP contribution < -0.4 is 21.3 Å². The van der Waals surface area contributed by atoms with Crippen LogP contribution in [0.4, 0.5) is 11.4 Å². The summed E-state index contributed by atoms with van der Waals surface area (Å²) in [6.07, 6.45) is 4.49. The third kappa shape index (κ3) is 8.45. The van der Waals surface area contributed by atoms with E-state index in [0.29, 0.717) is 22.3 Å². The van der Waals surface area contributed by atoms with Gasteiger partial charge in [0.25, 0.3) is 0 Å². The summed E-state index contributed by atoms with van der Waals surface area (Å²) >= 11 is 10.7. The molecular formula is C18H30N4S2. The van der Waals surface area contributed by atoms with E-state index in [1.54, 1.807) is 0 Å². The van der Waals surface area contributed by atoms with Crippen molar-refractivity contribution in [3.8, 4) is 0 Å². The lowest BCUT2D eigenvalue weighted by atomic mass is 10.2. The van der Waals surface area contributed by atoms with Crippen molar-refractivity contribution in [2.24, 2.45) is 0 Å². The van der Waals surface area contributed by atoms with Crippen LogP contribution in [0.15, 0.2) is 24.3 Å². The quantitative estimate of drug-likeness (QED) is 0.503. The molecule has 0 saturated carbocycles. The van der Waals surface area contributed by atoms with Gasteiger partial charge in [0.1, 0.15) is 0 Å². The Bertz CT molecular complexity index is 469. The fraction of sp³-hybridized carbons (Fsp3) is 0.556. The van der Waals surface area contributed by atoms with E-state index in [1.165, 1.54) is 0 Å². The average molecular weight is 367 g/mol. The van der Waals surface area contributed by atoms with E-state index in [1.807, 2.05) is 24.3 Å². The molecular weight excluding hydrogens is 336 g/mol. The van der Waals surface area contributed by atoms with Gasteiger partial charge in [0.2, 0.25) is 0 Å². The molecule has 134 valence electrons. The first-order chi connectivity index (χ1) is 11.4. The Kier molecular flexibility index (Phi) is 9.64. The van der Waals surface area contributed by atoms with E-state index < -0.39 is 0 Å². The van der Waals surface area contributed by atoms with E-state index in [0.717, 1.165) is 37.1 Å². The minimum absolute atomic E-state index is 0.379. The van der Waals surface area contributed by atoms with Crippen LogP contribution in [-0.2, 0) is 0 Å². The lowest BCUT2D eigenvalue weighted by molar-refractivity contribution is 0.599. The van der Waals surface area contributed by atoms with Gasteiger partial charge < -0.3 is 21.3 Å². The second-order valence-corrected chi connectivity index (χ2v) is 6.97. The Labute approximate surface area is 157 Å². The van der Waals surface area contributed by atoms with E-state index in [9.17, 15) is 0 Å². The van der Waals surface area contributed by atoms with Gasteiger partial charge in [-0.15, -0.1) is 0 Å². The van der Waals surface area contributed by atoms with E-state index in [2.05, 4.69) is 49.0 Å². The molecule has 1 aromatic rings. The molecule has 0 amide bonds. The predicted octanol–water partition coefficient (Wildman–Crippen LogP) is 4.64. The molecule has 24 heavy (non-hydrogen) atoms. The summed E-state index contributed by atoms with van der Waals surface area (Å²) < 4.78 is 0. The van der Waals surface area contributed by atoms with Gasteiger partial charge in [-0.2, -0.15) is 0 Å². The number of hydrogen-bond acceptors (Lipinski definition) is 2. The molecule has 2 atom stereocenters. The smallest absolute Gasteiger partial charge is 0.170 e. The molecule has 1 aromatic carbocycles. The number of nitrogens with one attached hydrogen (secondary N) is 4. The molecule has 0 aliphatic heterocycles. The van der Waals surface area contributed by atoms with Crippen molar-refractivity contribution in [1.29, 1.82) is 0 Å². The molecule has 4 N–H and O–H groups in total. The monoisotopic (exact) mass is 366 g/mol. The minimum atomic E-state index is 0.379. The second-order valence-electron chi connectivity index (χ2n) is 6.15. The molecule has 0 aliphatic rings. The normalized spacial score (nSPS) is 12.8. The molecule has 1 rings (SSSR count). The topological polar surface area (TPSA) is 48.1 Å². The summed E-state index contributed by atoms with van der Waals surface area (Å²) in [6.45, 7) is 8.61. The Balaban J connectivity index is 2.45. The van der Waals surface area contributed by atoms with Crippen molar-refractivity contribution < 1.29 is 0 Å². The molecule has 6 heteroatoms. The zero-order chi connectivity index (χ0) is 17.9. The maximum Gasteiger partial charge on any atom is 0.170 e. The van der Waals surface area contributed by atoms with Crippen molar-refractivity contribution in [1.82, 2.24) is 10.6 Å². The van der Waals surface area contributed by atoms with Gasteiger partial charge in [0, 0.05) is 23.5 Å². The molecule has 0 aliphatic carbocycles. The highest BCUT2D eigenvalue weighted by Gasteiger charge is 2.05. The number of benzene rings is 1. The van der Waals surface area contributed by atoms with Gasteiger partial charge in [-0.05, 0) is 75.4 Å². The van der Waals surface area contributed by atoms with Crippen LogP contribution in [0.3, 0.4) is 0 Å². The molecule has 0 heterocycles. The summed E-state index contributed by atoms with van der Waals surface area (Å²) in [5, 5.41) is 14.3. The second kappa shape index (κ2) is 11.2. The lowest BCUT2D eigenvalue weighted by Gasteiger charge is -2.17. The van der Waals surface area contributed by atoms with Gasteiger partial charge in [-0.1, -0.05) is 26.7 Å². The fourth-order valence-electron chi connectivity index (χ4n) is 2.43. The van der Waals surface area contributed by atoms with Gasteiger partial charge in [-0.3, -0.25) is 0 Å². The predicted molar refractivity (Wildman–Crippen MR) is 114 cm³/mol. The highest BCUT2D eigenvalue weighted by atomic mass is 32.1. The summed E-state index contributed by atoms with van der Waals surface area (Å²) in [7, 11) is 0. The van der Waals surface area contributed by atoms with Gasteiger partial charge in [-0.25, -0.2) is 0 Å². The number of anilines is 2. The maximum absolute atomic E-state index is 5.33. The van der Waals surface area contributed by atoms with Crippen LogP contribution in [0.25, 0.3) is 0 Å². The summed E-state index contributed by atoms with van der Waals surface area (Å²) in [5.41, 5.74) is 1.92. The summed E-state index contributed by atoms with van der Waals surface area (Å²) in [6, 6.07) is 8.70. The molecule has 2 unspecified atom stereocenters. The van der Waals surface area contributed by atoms with E-state index in [-0.39, 0.29) is 0 Å². The third-order valence-corrected chi connectivity index (χ3v) is 4.04. The minimum Gasteiger partial charge on any atom is -0.360 e. The van der Waals surface area contributed by atoms with Crippen LogP contribution in [0.5, 0.6) is 0 Å². The van der Waals surface area contributed by atoms with Crippen LogP contribution in [0.1, 0.15) is 53.4 Å². The Morgan fingerprint density at radius 2 is 1.12 bits per heavy atom. The number of hydrogen-bond donors (Lipinski definition) is 4. The van der Waals surface area contributed by atoms with Gasteiger partial charge >= 0.3 is 0 Å². The third-order valence-electron chi connectivity index (χ3n) is 3.60. The van der Waals surface area contributed by atoms with E-state index >= 15 is 0 Å². The molecule has 0 saturated heterocycles. The van der Waals surface area contributed by atoms with Crippen molar-refractivity contribution in [2.75, 3.05) is 10.6 Å². The van der Waals surface area contributed by atoms with Gasteiger partial charge in [0.05, 0.1) is 0 Å². The highest BCUT2D eigenvalue weighted by molar-refractivity contribution is 7.80. The van der Waals surface area contributed by atoms with Crippen molar-refractivity contribution >= 4 is 46.0 Å². The van der Waals surface area contributed by atoms with Crippen molar-refractivity contribution in [2.45, 2.75) is 65.5 Å². The zero-order valence-electron chi connectivity index (χ0n) is 15.1. The molecule has 4 nitrogen and oxygen atoms in total. The number of thiocarbonyl (C=S) groups is 2. The Morgan fingerprint density at radius 1 is 0.792 bits per heavy atom. The number of rotatable bonds is 8. The molecule has 0 spiro atoms. The van der Waals surface area contributed by atoms with Crippen molar-refractivity contribution in [3.05, 3.63) is 24.3 Å². The molecule has 0 fully saturated rings. The van der Waals surface area contributed by atoms with Crippen LogP contribution in [0.2, 0.25) is 0 Å². The van der Waals surface area contributed by atoms with Crippen LogP contribution in [0, 0.1) is 0 Å². The molecule has 0 radical (unpaired) electrons. The van der Waals surface area contributed by atoms with Gasteiger partial charge in [0.15, 0.2) is 10.2 Å². The standard InChI is InChI=1S/C18H30N4S2/c1-5-7-13(3)19-17(23)21-15-9-11-16(12-10-15)22-18(24)20-14(4)8-6-2/h9-14H,5-8H2,1-4H3,(H2,19,21,23)(H2,20,22,24). The SMILES string of the molecule is CCCC(C)NC(=S)Nc1ccc(NC(=S)NC(C)CCC)cc1. The largest absolute Gasteiger partial charge is 0.360 e. The maximum atomic E-state index is 5.33. The molecule has 0 aromatic heterocycles. The average Bonchev–Trinajstić information content (AvgIpc) is 2.49.